The Hall–Kier alpha value is -3.56. The number of hydrogen-bond acceptors (Lipinski definition) is 6. The van der Waals surface area contributed by atoms with Crippen LogP contribution in [-0.4, -0.2) is 65.5 Å². The third kappa shape index (κ3) is 7.05. The van der Waals surface area contributed by atoms with Gasteiger partial charge in [-0.25, -0.2) is 9.71 Å². The van der Waals surface area contributed by atoms with E-state index in [1.807, 2.05) is 0 Å². The molecular weight excluding hydrogens is 527 g/mol. The molecule has 0 saturated carbocycles. The minimum absolute atomic E-state index is 0.0510. The van der Waals surface area contributed by atoms with Crippen molar-refractivity contribution in [1.29, 1.82) is 0 Å². The van der Waals surface area contributed by atoms with Crippen LogP contribution >= 0.6 is 0 Å². The monoisotopic (exact) mass is 553 g/mol. The van der Waals surface area contributed by atoms with Crippen molar-refractivity contribution in [3.05, 3.63) is 54.0 Å². The molecule has 204 valence electrons. The van der Waals surface area contributed by atoms with Crippen molar-refractivity contribution in [2.45, 2.75) is 32.0 Å². The van der Waals surface area contributed by atoms with Crippen LogP contribution in [0.25, 0.3) is 10.9 Å². The molecule has 1 aromatic carbocycles. The number of amides is 2. The van der Waals surface area contributed by atoms with Crippen molar-refractivity contribution in [2.24, 2.45) is 0 Å². The molecule has 0 aliphatic carbocycles. The number of benzene rings is 1. The van der Waals surface area contributed by atoms with E-state index < -0.39 is 28.0 Å². The number of anilines is 1. The third-order valence-electron chi connectivity index (χ3n) is 5.77. The molecular formula is C23H26F3N7O4S. The molecule has 1 aliphatic heterocycles. The highest BCUT2D eigenvalue weighted by Gasteiger charge is 2.33. The Morgan fingerprint density at radius 3 is 2.53 bits per heavy atom. The molecule has 3 N–H and O–H groups in total. The van der Waals surface area contributed by atoms with E-state index in [1.54, 1.807) is 18.3 Å². The van der Waals surface area contributed by atoms with Gasteiger partial charge in [0, 0.05) is 43.4 Å². The van der Waals surface area contributed by atoms with Gasteiger partial charge >= 0.3 is 6.18 Å². The summed E-state index contributed by atoms with van der Waals surface area (Å²) in [6.07, 6.45) is -0.422. The Labute approximate surface area is 216 Å². The summed E-state index contributed by atoms with van der Waals surface area (Å²) >= 11 is 0. The second-order valence-electron chi connectivity index (χ2n) is 8.67. The van der Waals surface area contributed by atoms with E-state index in [1.165, 1.54) is 21.1 Å². The van der Waals surface area contributed by atoms with E-state index in [-0.39, 0.29) is 31.2 Å². The fourth-order valence-corrected chi connectivity index (χ4v) is 5.21. The summed E-state index contributed by atoms with van der Waals surface area (Å²) in [6.45, 7) is 1.01. The average Bonchev–Trinajstić information content (AvgIpc) is 3.28. The number of pyridine rings is 1. The zero-order chi connectivity index (χ0) is 27.3. The number of nitrogens with one attached hydrogen (secondary N) is 3. The van der Waals surface area contributed by atoms with E-state index in [4.69, 9.17) is 0 Å². The second-order valence-corrected chi connectivity index (χ2v) is 10.4. The van der Waals surface area contributed by atoms with Crippen molar-refractivity contribution < 1.29 is 31.2 Å². The van der Waals surface area contributed by atoms with Gasteiger partial charge in [-0.15, -0.1) is 0 Å². The summed E-state index contributed by atoms with van der Waals surface area (Å²) in [4.78, 5) is 28.0. The number of alkyl halides is 3. The van der Waals surface area contributed by atoms with Crippen molar-refractivity contribution in [2.75, 3.05) is 31.5 Å². The summed E-state index contributed by atoms with van der Waals surface area (Å²) < 4.78 is 68.4. The van der Waals surface area contributed by atoms with Crippen molar-refractivity contribution >= 4 is 38.6 Å². The summed E-state index contributed by atoms with van der Waals surface area (Å²) in [5.41, 5.74) is -0.709. The van der Waals surface area contributed by atoms with Crippen LogP contribution in [0, 0.1) is 0 Å². The molecule has 1 saturated heterocycles. The van der Waals surface area contributed by atoms with E-state index in [0.29, 0.717) is 29.7 Å². The van der Waals surface area contributed by atoms with Gasteiger partial charge in [0.15, 0.2) is 0 Å². The molecule has 2 aromatic heterocycles. The lowest BCUT2D eigenvalue weighted by Crippen LogP contribution is -2.45. The van der Waals surface area contributed by atoms with Gasteiger partial charge in [0.2, 0.25) is 5.91 Å². The van der Waals surface area contributed by atoms with Gasteiger partial charge in [0.25, 0.3) is 16.1 Å². The van der Waals surface area contributed by atoms with Crippen molar-refractivity contribution in [3.8, 4) is 0 Å². The van der Waals surface area contributed by atoms with Gasteiger partial charge in [0.05, 0.1) is 5.52 Å². The maximum atomic E-state index is 12.9. The first-order chi connectivity index (χ1) is 18.0. The molecule has 0 bridgehead atoms. The third-order valence-corrected chi connectivity index (χ3v) is 7.39. The number of nitrogens with zero attached hydrogens (tertiary/aromatic N) is 4. The number of halogens is 3. The maximum Gasteiger partial charge on any atom is 0.433 e. The molecule has 0 radical (unpaired) electrons. The molecule has 0 spiro atoms. The topological polar surface area (TPSA) is 138 Å². The van der Waals surface area contributed by atoms with Gasteiger partial charge in [-0.2, -0.15) is 31.0 Å². The molecule has 11 nitrogen and oxygen atoms in total. The lowest BCUT2D eigenvalue weighted by atomic mass is 10.2. The molecule has 3 aromatic rings. The minimum atomic E-state index is -4.67. The first kappa shape index (κ1) is 27.5. The molecule has 1 fully saturated rings. The highest BCUT2D eigenvalue weighted by atomic mass is 32.2. The van der Waals surface area contributed by atoms with Crippen LogP contribution in [0.5, 0.6) is 0 Å². The van der Waals surface area contributed by atoms with E-state index in [0.717, 1.165) is 31.4 Å². The van der Waals surface area contributed by atoms with Crippen LogP contribution in [0.15, 0.2) is 42.6 Å². The van der Waals surface area contributed by atoms with Crippen LogP contribution in [0.1, 0.15) is 35.4 Å². The summed E-state index contributed by atoms with van der Waals surface area (Å²) in [5.74, 6) is -1.18. The fraction of sp³-hybridized carbons (Fsp3) is 0.391. The second kappa shape index (κ2) is 11.4. The summed E-state index contributed by atoms with van der Waals surface area (Å²) in [6, 6.07) is 7.75. The van der Waals surface area contributed by atoms with Crippen LogP contribution in [0.3, 0.4) is 0 Å². The Kier molecular flexibility index (Phi) is 8.28. The number of carbonyl (C=O) groups excluding carboxylic acids is 2. The lowest BCUT2D eigenvalue weighted by molar-refractivity contribution is -0.141. The SMILES string of the molecule is O=C(Cn1cc2cc(NC(=O)c3cccc(C(F)(F)F)n3)ccc2n1)NCCNS(=O)(=O)N1CCCCC1. The number of fused-ring (bicyclic) bond motifs is 1. The van der Waals surface area contributed by atoms with Gasteiger partial charge < -0.3 is 10.6 Å². The fourth-order valence-electron chi connectivity index (χ4n) is 3.93. The Balaban J connectivity index is 1.29. The minimum Gasteiger partial charge on any atom is -0.353 e. The van der Waals surface area contributed by atoms with Gasteiger partial charge in [0.1, 0.15) is 17.9 Å². The highest BCUT2D eigenvalue weighted by molar-refractivity contribution is 7.87. The van der Waals surface area contributed by atoms with Crippen LogP contribution in [-0.2, 0) is 27.7 Å². The molecule has 38 heavy (non-hydrogen) atoms. The molecule has 0 unspecified atom stereocenters. The molecule has 3 heterocycles. The van der Waals surface area contributed by atoms with Gasteiger partial charge in [-0.05, 0) is 43.2 Å². The predicted molar refractivity (Wildman–Crippen MR) is 132 cm³/mol. The number of rotatable bonds is 9. The standard InChI is InChI=1S/C23H26F3N7O4S/c24-23(25,26)20-6-4-5-19(30-20)22(35)29-17-7-8-18-16(13-17)14-32(31-18)15-21(34)27-9-10-28-38(36,37)33-11-2-1-3-12-33/h4-8,13-14,28H,1-3,9-12,15H2,(H,27,34)(H,29,35). The lowest BCUT2D eigenvalue weighted by Gasteiger charge is -2.25. The van der Waals surface area contributed by atoms with E-state index >= 15 is 0 Å². The van der Waals surface area contributed by atoms with E-state index in [9.17, 15) is 31.2 Å². The van der Waals surface area contributed by atoms with Crippen molar-refractivity contribution in [1.82, 2.24) is 29.1 Å². The molecule has 0 atom stereocenters. The first-order valence-corrected chi connectivity index (χ1v) is 13.3. The Morgan fingerprint density at radius 1 is 1.03 bits per heavy atom. The van der Waals surface area contributed by atoms with Crippen LogP contribution in [0.4, 0.5) is 18.9 Å². The largest absolute Gasteiger partial charge is 0.433 e. The highest BCUT2D eigenvalue weighted by Crippen LogP contribution is 2.27. The average molecular weight is 554 g/mol. The molecule has 2 amide bonds. The molecule has 15 heteroatoms. The normalized spacial score (nSPS) is 14.9. The quantitative estimate of drug-likeness (QED) is 0.347. The molecule has 4 rings (SSSR count). The maximum absolute atomic E-state index is 12.9. The number of piperidine rings is 1. The van der Waals surface area contributed by atoms with Gasteiger partial charge in [-0.3, -0.25) is 14.3 Å². The number of aromatic nitrogens is 3. The predicted octanol–water partition coefficient (Wildman–Crippen LogP) is 2.14. The number of carbonyl (C=O) groups is 2. The van der Waals surface area contributed by atoms with Crippen LogP contribution in [0.2, 0.25) is 0 Å². The van der Waals surface area contributed by atoms with Crippen LogP contribution < -0.4 is 15.4 Å². The Bertz CT molecular complexity index is 1420. The molecule has 1 aliphatic rings. The van der Waals surface area contributed by atoms with Crippen molar-refractivity contribution in [3.63, 3.8) is 0 Å². The summed E-state index contributed by atoms with van der Waals surface area (Å²) in [7, 11) is -3.57. The zero-order valence-corrected chi connectivity index (χ0v) is 21.0. The number of hydrogen-bond donors (Lipinski definition) is 3. The first-order valence-electron chi connectivity index (χ1n) is 11.9. The van der Waals surface area contributed by atoms with Gasteiger partial charge in [-0.1, -0.05) is 12.5 Å². The van der Waals surface area contributed by atoms with E-state index in [2.05, 4.69) is 25.4 Å². The summed E-state index contributed by atoms with van der Waals surface area (Å²) in [5, 5.41) is 10.0. The smallest absolute Gasteiger partial charge is 0.353 e. The zero-order valence-electron chi connectivity index (χ0n) is 20.2. The Morgan fingerprint density at radius 2 is 1.79 bits per heavy atom.